The lowest BCUT2D eigenvalue weighted by molar-refractivity contribution is 0.0568. The Morgan fingerprint density at radius 2 is 2.19 bits per heavy atom. The molecule has 3 N–H and O–H groups in total. The second kappa shape index (κ2) is 8.06. The third-order valence-electron chi connectivity index (χ3n) is 4.93. The smallest absolute Gasteiger partial charge is 0.280 e. The van der Waals surface area contributed by atoms with Gasteiger partial charge in [0.15, 0.2) is 5.01 Å². The Kier molecular flexibility index (Phi) is 5.35. The highest BCUT2D eigenvalue weighted by Crippen LogP contribution is 2.24. The van der Waals surface area contributed by atoms with Crippen LogP contribution in [0.1, 0.15) is 32.1 Å². The van der Waals surface area contributed by atoms with E-state index in [2.05, 4.69) is 20.9 Å². The van der Waals surface area contributed by atoms with E-state index in [-0.39, 0.29) is 17.9 Å². The molecular formula is C19H23N5O2S. The fourth-order valence-corrected chi connectivity index (χ4v) is 3.98. The summed E-state index contributed by atoms with van der Waals surface area (Å²) >= 11 is 1.33. The second-order valence-electron chi connectivity index (χ2n) is 6.86. The summed E-state index contributed by atoms with van der Waals surface area (Å²) in [5, 5.41) is 11.8. The number of anilines is 1. The van der Waals surface area contributed by atoms with Crippen molar-refractivity contribution in [1.29, 1.82) is 0 Å². The minimum Gasteiger partial charge on any atom is -0.385 e. The Morgan fingerprint density at radius 1 is 1.30 bits per heavy atom. The second-order valence-corrected chi connectivity index (χ2v) is 7.75. The van der Waals surface area contributed by atoms with Crippen LogP contribution in [0.3, 0.4) is 0 Å². The topological polar surface area (TPSA) is 86.4 Å². The number of rotatable bonds is 6. The number of hydrogen-bond acceptors (Lipinski definition) is 6. The summed E-state index contributed by atoms with van der Waals surface area (Å²) in [5.74, 6) is -0.0439. The molecule has 1 fully saturated rings. The molecule has 1 aromatic carbocycles. The number of hydrogen-bond donors (Lipinski definition) is 3. The van der Waals surface area contributed by atoms with Gasteiger partial charge >= 0.3 is 0 Å². The highest BCUT2D eigenvalue weighted by molar-refractivity contribution is 7.11. The van der Waals surface area contributed by atoms with Crippen molar-refractivity contribution in [3.8, 4) is 0 Å². The fourth-order valence-electron chi connectivity index (χ4n) is 3.43. The third kappa shape index (κ3) is 4.12. The van der Waals surface area contributed by atoms with Gasteiger partial charge in [-0.3, -0.25) is 9.59 Å². The van der Waals surface area contributed by atoms with E-state index in [0.29, 0.717) is 31.2 Å². The van der Waals surface area contributed by atoms with Gasteiger partial charge in [0, 0.05) is 61.6 Å². The first kappa shape index (κ1) is 17.9. The van der Waals surface area contributed by atoms with Crippen molar-refractivity contribution in [1.82, 2.24) is 20.5 Å². The normalized spacial score (nSPS) is 16.2. The standard InChI is InChI=1S/C19H23N5O2S/c25-17(18-23-8-9-27-18)22-7-6-20-15-11-24(12-15)19(26)14-3-4-16-13(10-14)2-1-5-21-16/h3-4,8-10,15,20-21H,1-2,5-7,11-12H2,(H,22,25). The summed E-state index contributed by atoms with van der Waals surface area (Å²) in [7, 11) is 0. The highest BCUT2D eigenvalue weighted by atomic mass is 32.1. The molecule has 27 heavy (non-hydrogen) atoms. The predicted molar refractivity (Wildman–Crippen MR) is 105 cm³/mol. The number of benzene rings is 1. The average molecular weight is 385 g/mol. The van der Waals surface area contributed by atoms with Gasteiger partial charge in [-0.05, 0) is 36.6 Å². The number of aromatic nitrogens is 1. The first-order chi connectivity index (χ1) is 13.2. The van der Waals surface area contributed by atoms with Gasteiger partial charge in [0.2, 0.25) is 0 Å². The van der Waals surface area contributed by atoms with Crippen LogP contribution in [-0.2, 0) is 6.42 Å². The van der Waals surface area contributed by atoms with Crippen molar-refractivity contribution in [2.75, 3.05) is 38.0 Å². The van der Waals surface area contributed by atoms with E-state index in [1.165, 1.54) is 16.9 Å². The van der Waals surface area contributed by atoms with Crippen molar-refractivity contribution in [3.63, 3.8) is 0 Å². The molecule has 8 heteroatoms. The molecule has 142 valence electrons. The molecule has 4 rings (SSSR count). The van der Waals surface area contributed by atoms with Crippen LogP contribution in [-0.4, -0.2) is 60.5 Å². The molecule has 0 unspecified atom stereocenters. The number of nitrogens with one attached hydrogen (secondary N) is 3. The summed E-state index contributed by atoms with van der Waals surface area (Å²) < 4.78 is 0. The van der Waals surface area contributed by atoms with Gasteiger partial charge in [0.1, 0.15) is 0 Å². The zero-order valence-corrected chi connectivity index (χ0v) is 15.8. The molecule has 7 nitrogen and oxygen atoms in total. The Bertz CT molecular complexity index is 818. The van der Waals surface area contributed by atoms with E-state index in [9.17, 15) is 9.59 Å². The summed E-state index contributed by atoms with van der Waals surface area (Å²) in [4.78, 5) is 30.3. The largest absolute Gasteiger partial charge is 0.385 e. The van der Waals surface area contributed by atoms with Crippen LogP contribution in [0.5, 0.6) is 0 Å². The van der Waals surface area contributed by atoms with Crippen molar-refractivity contribution in [2.45, 2.75) is 18.9 Å². The highest BCUT2D eigenvalue weighted by Gasteiger charge is 2.31. The Morgan fingerprint density at radius 3 is 3.00 bits per heavy atom. The van der Waals surface area contributed by atoms with Crippen LogP contribution in [0.4, 0.5) is 5.69 Å². The molecular weight excluding hydrogens is 362 g/mol. The molecule has 0 radical (unpaired) electrons. The molecule has 2 aliphatic heterocycles. The molecule has 1 saturated heterocycles. The SMILES string of the molecule is O=C(NCCNC1CN(C(=O)c2ccc3c(c2)CCCN3)C1)c1nccs1. The quantitative estimate of drug-likeness (QED) is 0.654. The van der Waals surface area contributed by atoms with E-state index in [1.807, 2.05) is 23.1 Å². The molecule has 0 atom stereocenters. The lowest BCUT2D eigenvalue weighted by atomic mass is 9.99. The molecule has 1 aromatic heterocycles. The fraction of sp³-hybridized carbons (Fsp3) is 0.421. The predicted octanol–water partition coefficient (Wildman–Crippen LogP) is 1.35. The van der Waals surface area contributed by atoms with Crippen LogP contribution in [0.2, 0.25) is 0 Å². The van der Waals surface area contributed by atoms with Gasteiger partial charge in [-0.1, -0.05) is 0 Å². The molecule has 2 aliphatic rings. The van der Waals surface area contributed by atoms with Crippen LogP contribution in [0.15, 0.2) is 29.8 Å². The maximum atomic E-state index is 12.6. The lowest BCUT2D eigenvalue weighted by Crippen LogP contribution is -2.60. The molecule has 2 aromatic rings. The van der Waals surface area contributed by atoms with Crippen molar-refractivity contribution in [2.24, 2.45) is 0 Å². The van der Waals surface area contributed by atoms with Crippen molar-refractivity contribution in [3.05, 3.63) is 45.9 Å². The van der Waals surface area contributed by atoms with E-state index >= 15 is 0 Å². The van der Waals surface area contributed by atoms with Crippen LogP contribution in [0, 0.1) is 0 Å². The average Bonchev–Trinajstić information content (AvgIpc) is 3.20. The van der Waals surface area contributed by atoms with Gasteiger partial charge in [0.05, 0.1) is 0 Å². The first-order valence-corrected chi connectivity index (χ1v) is 10.2. The summed E-state index contributed by atoms with van der Waals surface area (Å²) in [5.41, 5.74) is 3.16. The van der Waals surface area contributed by atoms with Gasteiger partial charge in [-0.25, -0.2) is 4.98 Å². The first-order valence-electron chi connectivity index (χ1n) is 9.28. The molecule has 2 amide bonds. The lowest BCUT2D eigenvalue weighted by Gasteiger charge is -2.40. The molecule has 0 aliphatic carbocycles. The van der Waals surface area contributed by atoms with E-state index in [1.54, 1.807) is 11.6 Å². The van der Waals surface area contributed by atoms with Crippen molar-refractivity contribution >= 4 is 28.8 Å². The Labute approximate surface area is 162 Å². The molecule has 3 heterocycles. The monoisotopic (exact) mass is 385 g/mol. The number of aryl methyl sites for hydroxylation is 1. The van der Waals surface area contributed by atoms with E-state index < -0.39 is 0 Å². The third-order valence-corrected chi connectivity index (χ3v) is 5.70. The van der Waals surface area contributed by atoms with Gasteiger partial charge in [-0.2, -0.15) is 0 Å². The Hall–Kier alpha value is -2.45. The molecule has 0 bridgehead atoms. The minimum absolute atomic E-state index is 0.0958. The van der Waals surface area contributed by atoms with Gasteiger partial charge in [0.25, 0.3) is 11.8 Å². The van der Waals surface area contributed by atoms with Crippen LogP contribution >= 0.6 is 11.3 Å². The maximum Gasteiger partial charge on any atom is 0.280 e. The number of fused-ring (bicyclic) bond motifs is 1. The van der Waals surface area contributed by atoms with E-state index in [0.717, 1.165) is 30.6 Å². The zero-order valence-electron chi connectivity index (χ0n) is 15.0. The van der Waals surface area contributed by atoms with E-state index in [4.69, 9.17) is 0 Å². The number of carbonyl (C=O) groups excluding carboxylic acids is 2. The van der Waals surface area contributed by atoms with Crippen LogP contribution in [0.25, 0.3) is 0 Å². The summed E-state index contributed by atoms with van der Waals surface area (Å²) in [6, 6.07) is 6.24. The number of nitrogens with zero attached hydrogens (tertiary/aromatic N) is 2. The molecule has 0 saturated carbocycles. The molecule has 0 spiro atoms. The minimum atomic E-state index is -0.140. The number of carbonyl (C=O) groups is 2. The summed E-state index contributed by atoms with van der Waals surface area (Å²) in [6.45, 7) is 3.63. The zero-order chi connectivity index (χ0) is 18.6. The number of likely N-dealkylation sites (tertiary alicyclic amines) is 1. The maximum absolute atomic E-state index is 12.6. The Balaban J connectivity index is 1.18. The van der Waals surface area contributed by atoms with Crippen LogP contribution < -0.4 is 16.0 Å². The van der Waals surface area contributed by atoms with Crippen molar-refractivity contribution < 1.29 is 9.59 Å². The van der Waals surface area contributed by atoms with Gasteiger partial charge < -0.3 is 20.9 Å². The number of amides is 2. The number of thiazole rings is 1. The summed E-state index contributed by atoms with van der Waals surface area (Å²) in [6.07, 6.45) is 3.76. The van der Waals surface area contributed by atoms with Gasteiger partial charge in [-0.15, -0.1) is 11.3 Å².